The molecule has 1 heterocycles. The summed E-state index contributed by atoms with van der Waals surface area (Å²) >= 11 is 0. The Morgan fingerprint density at radius 1 is 1.19 bits per heavy atom. The standard InChI is InChI=1S/C25H39NO5/c1-6-26-12-23(3)8-7-19(30-5)25-15-9-14-17(29-4)11-24(28,16(22(25)26)10-18(23)25)20(15)21(14)31-13(2)27/h14-22,28H,6-12H2,1-5H3/t14-,15-,16+,17+,18-,19-,20+,21+,22-,23+,24+,25-/m1/s1. The monoisotopic (exact) mass is 433 g/mol. The summed E-state index contributed by atoms with van der Waals surface area (Å²) in [5.74, 6) is 0.979. The SMILES string of the molecule is CCN1C[C@]2(C)CC[C@@H](OC)[C@@]34[C@@H]5C[C@H]6[C@H](OC(C)=O)[C@H]5[C@](O)(C[C@@H]6OC)[C@@H](C[C@H]23)[C@@H]14. The number of likely N-dealkylation sites (tertiary alicyclic amines) is 1. The van der Waals surface area contributed by atoms with Crippen LogP contribution in [0.2, 0.25) is 0 Å². The lowest BCUT2D eigenvalue weighted by molar-refractivity contribution is -0.271. The maximum absolute atomic E-state index is 12.5. The Labute approximate surface area is 186 Å². The normalized spacial score (nSPS) is 59.0. The fraction of sp³-hybridized carbons (Fsp3) is 0.960. The van der Waals surface area contributed by atoms with Gasteiger partial charge in [-0.3, -0.25) is 9.69 Å². The Balaban J connectivity index is 1.57. The molecule has 174 valence electrons. The first kappa shape index (κ1) is 20.9. The predicted octanol–water partition coefficient (Wildman–Crippen LogP) is 2.48. The maximum Gasteiger partial charge on any atom is 0.302 e. The van der Waals surface area contributed by atoms with Crippen molar-refractivity contribution in [3.63, 3.8) is 0 Å². The molecule has 0 amide bonds. The van der Waals surface area contributed by atoms with Gasteiger partial charge in [0.25, 0.3) is 0 Å². The number of aliphatic hydroxyl groups is 1. The first-order chi connectivity index (χ1) is 14.8. The zero-order chi connectivity index (χ0) is 21.9. The van der Waals surface area contributed by atoms with Crippen LogP contribution in [0.25, 0.3) is 0 Å². The van der Waals surface area contributed by atoms with Crippen molar-refractivity contribution in [2.75, 3.05) is 27.3 Å². The number of rotatable bonds is 4. The van der Waals surface area contributed by atoms with Gasteiger partial charge in [-0.15, -0.1) is 0 Å². The van der Waals surface area contributed by atoms with Crippen molar-refractivity contribution >= 4 is 5.97 Å². The van der Waals surface area contributed by atoms with E-state index >= 15 is 0 Å². The third-order valence-corrected chi connectivity index (χ3v) is 11.2. The van der Waals surface area contributed by atoms with Crippen LogP contribution in [0.4, 0.5) is 0 Å². The second kappa shape index (κ2) is 6.46. The Morgan fingerprint density at radius 3 is 2.61 bits per heavy atom. The second-order valence-corrected chi connectivity index (χ2v) is 11.9. The maximum atomic E-state index is 12.5. The van der Waals surface area contributed by atoms with Gasteiger partial charge in [-0.1, -0.05) is 13.8 Å². The van der Waals surface area contributed by atoms with E-state index in [-0.39, 0.29) is 52.9 Å². The third-order valence-electron chi connectivity index (χ3n) is 11.2. The number of nitrogens with zero attached hydrogens (tertiary/aromatic N) is 1. The molecule has 6 heteroatoms. The largest absolute Gasteiger partial charge is 0.462 e. The molecule has 0 aromatic heterocycles. The number of carbonyl (C=O) groups excluding carboxylic acids is 1. The molecule has 0 aromatic carbocycles. The lowest BCUT2D eigenvalue weighted by Gasteiger charge is -2.69. The number of carbonyl (C=O) groups is 1. The molecule has 31 heavy (non-hydrogen) atoms. The van der Waals surface area contributed by atoms with E-state index in [0.29, 0.717) is 24.3 Å². The van der Waals surface area contributed by atoms with Crippen LogP contribution < -0.4 is 0 Å². The third kappa shape index (κ3) is 2.22. The molecule has 6 fully saturated rings. The number of hydrogen-bond donors (Lipinski definition) is 1. The lowest BCUT2D eigenvalue weighted by Crippen LogP contribution is -2.75. The highest BCUT2D eigenvalue weighted by molar-refractivity contribution is 5.66. The van der Waals surface area contributed by atoms with Crippen molar-refractivity contribution in [1.29, 1.82) is 0 Å². The summed E-state index contributed by atoms with van der Waals surface area (Å²) in [4.78, 5) is 14.8. The van der Waals surface area contributed by atoms with E-state index in [0.717, 1.165) is 32.4 Å². The van der Waals surface area contributed by atoms with Gasteiger partial charge in [0, 0.05) is 63.3 Å². The van der Waals surface area contributed by atoms with E-state index in [1.54, 1.807) is 7.11 Å². The smallest absolute Gasteiger partial charge is 0.302 e. The summed E-state index contributed by atoms with van der Waals surface area (Å²) < 4.78 is 18.3. The van der Waals surface area contributed by atoms with Crippen molar-refractivity contribution in [2.24, 2.45) is 40.4 Å². The molecule has 0 radical (unpaired) electrons. The minimum absolute atomic E-state index is 0.00384. The molecule has 1 saturated heterocycles. The van der Waals surface area contributed by atoms with Gasteiger partial charge in [0.1, 0.15) is 6.10 Å². The Kier molecular flexibility index (Phi) is 4.35. The first-order valence-electron chi connectivity index (χ1n) is 12.5. The molecular formula is C25H39NO5. The Morgan fingerprint density at radius 2 is 1.97 bits per heavy atom. The number of fused-ring (bicyclic) bond motifs is 2. The highest BCUT2D eigenvalue weighted by atomic mass is 16.5. The average molecular weight is 434 g/mol. The number of esters is 1. The fourth-order valence-corrected chi connectivity index (χ4v) is 10.7. The van der Waals surface area contributed by atoms with Crippen molar-refractivity contribution in [3.05, 3.63) is 0 Å². The van der Waals surface area contributed by atoms with Crippen LogP contribution in [0.15, 0.2) is 0 Å². The summed E-state index contributed by atoms with van der Waals surface area (Å²) in [7, 11) is 3.65. The average Bonchev–Trinajstić information content (AvgIpc) is 3.17. The van der Waals surface area contributed by atoms with Crippen LogP contribution in [0.3, 0.4) is 0 Å². The quantitative estimate of drug-likeness (QED) is 0.687. The molecule has 12 atom stereocenters. The minimum atomic E-state index is -0.845. The van der Waals surface area contributed by atoms with Gasteiger partial charge < -0.3 is 19.3 Å². The molecule has 7 bridgehead atoms. The molecule has 0 unspecified atom stereocenters. The summed E-state index contributed by atoms with van der Waals surface area (Å²) in [5.41, 5.74) is -0.545. The van der Waals surface area contributed by atoms with E-state index in [4.69, 9.17) is 14.2 Å². The molecule has 0 aromatic rings. The molecule has 5 saturated carbocycles. The fourth-order valence-electron chi connectivity index (χ4n) is 10.7. The molecule has 6 rings (SSSR count). The zero-order valence-corrected chi connectivity index (χ0v) is 19.7. The highest BCUT2D eigenvalue weighted by Crippen LogP contribution is 2.79. The number of methoxy groups -OCH3 is 2. The van der Waals surface area contributed by atoms with Crippen molar-refractivity contribution < 1.29 is 24.1 Å². The highest BCUT2D eigenvalue weighted by Gasteiger charge is 2.83. The van der Waals surface area contributed by atoms with Crippen LogP contribution >= 0.6 is 0 Å². The second-order valence-electron chi connectivity index (χ2n) is 11.9. The lowest BCUT2D eigenvalue weighted by atomic mass is 9.43. The Bertz CT molecular complexity index is 790. The van der Waals surface area contributed by atoms with Crippen molar-refractivity contribution in [2.45, 2.75) is 82.8 Å². The van der Waals surface area contributed by atoms with Crippen molar-refractivity contribution in [3.8, 4) is 0 Å². The van der Waals surface area contributed by atoms with Gasteiger partial charge in [0.05, 0.1) is 17.8 Å². The first-order valence-corrected chi connectivity index (χ1v) is 12.5. The zero-order valence-electron chi connectivity index (χ0n) is 19.7. The van der Waals surface area contributed by atoms with E-state index < -0.39 is 5.60 Å². The molecule has 5 aliphatic carbocycles. The number of piperidine rings is 1. The van der Waals surface area contributed by atoms with E-state index in [1.165, 1.54) is 13.3 Å². The van der Waals surface area contributed by atoms with E-state index in [1.807, 2.05) is 7.11 Å². The predicted molar refractivity (Wildman–Crippen MR) is 114 cm³/mol. The summed E-state index contributed by atoms with van der Waals surface area (Å²) in [6, 6.07) is 0.347. The topological polar surface area (TPSA) is 68.2 Å². The van der Waals surface area contributed by atoms with Gasteiger partial charge in [-0.25, -0.2) is 0 Å². The van der Waals surface area contributed by atoms with Crippen LogP contribution in [0.1, 0.15) is 52.9 Å². The van der Waals surface area contributed by atoms with Gasteiger partial charge in [0.15, 0.2) is 0 Å². The van der Waals surface area contributed by atoms with Crippen molar-refractivity contribution in [1.82, 2.24) is 4.90 Å². The van der Waals surface area contributed by atoms with Gasteiger partial charge in [0.2, 0.25) is 0 Å². The van der Waals surface area contributed by atoms with Crippen LogP contribution in [0, 0.1) is 40.4 Å². The summed E-state index contributed by atoms with van der Waals surface area (Å²) in [6.07, 6.45) is 4.91. The summed E-state index contributed by atoms with van der Waals surface area (Å²) in [6.45, 7) is 8.43. The molecule has 1 spiro atoms. The van der Waals surface area contributed by atoms with Crippen LogP contribution in [0.5, 0.6) is 0 Å². The van der Waals surface area contributed by atoms with E-state index in [2.05, 4.69) is 18.7 Å². The van der Waals surface area contributed by atoms with Gasteiger partial charge >= 0.3 is 5.97 Å². The minimum Gasteiger partial charge on any atom is -0.462 e. The number of ether oxygens (including phenoxy) is 3. The van der Waals surface area contributed by atoms with Crippen LogP contribution in [-0.4, -0.2) is 73.2 Å². The molecule has 1 N–H and O–H groups in total. The Hall–Kier alpha value is -0.690. The molecular weight excluding hydrogens is 394 g/mol. The number of hydrogen-bond acceptors (Lipinski definition) is 6. The molecule has 6 nitrogen and oxygen atoms in total. The summed E-state index contributed by atoms with van der Waals surface area (Å²) in [5, 5.41) is 12.5. The van der Waals surface area contributed by atoms with E-state index in [9.17, 15) is 9.90 Å². The molecule has 6 aliphatic rings. The van der Waals surface area contributed by atoms with Crippen LogP contribution in [-0.2, 0) is 19.0 Å². The molecule has 1 aliphatic heterocycles. The van der Waals surface area contributed by atoms with Gasteiger partial charge in [-0.05, 0) is 49.5 Å². The van der Waals surface area contributed by atoms with Gasteiger partial charge in [-0.2, -0.15) is 0 Å².